The van der Waals surface area contributed by atoms with Crippen molar-refractivity contribution in [1.82, 2.24) is 5.32 Å². The molecule has 0 aliphatic heterocycles. The number of carbonyl (C=O) groups excluding carboxylic acids is 1. The second-order valence-electron chi connectivity index (χ2n) is 4.28. The highest BCUT2D eigenvalue weighted by Crippen LogP contribution is 2.17. The molecular weight excluding hydrogens is 261 g/mol. The second kappa shape index (κ2) is 5.61. The maximum absolute atomic E-state index is 12.0. The Balaban J connectivity index is 2.90. The van der Waals surface area contributed by atoms with Crippen LogP contribution in [-0.2, 0) is 0 Å². The van der Waals surface area contributed by atoms with E-state index in [0.717, 1.165) is 0 Å². The van der Waals surface area contributed by atoms with Gasteiger partial charge >= 0.3 is 0 Å². The molecule has 1 rings (SSSR count). The second-order valence-corrected chi connectivity index (χ2v) is 4.82. The molecule has 0 aliphatic carbocycles. The number of benzene rings is 1. The van der Waals surface area contributed by atoms with Crippen molar-refractivity contribution in [1.29, 1.82) is 0 Å². The Hall–Kier alpha value is -0.930. The minimum atomic E-state index is -0.634. The number of amides is 1. The molecule has 0 atom stereocenters. The van der Waals surface area contributed by atoms with Crippen LogP contribution in [0.5, 0.6) is 5.75 Å². The van der Waals surface area contributed by atoms with Gasteiger partial charge in [-0.05, 0) is 37.6 Å². The highest BCUT2D eigenvalue weighted by Gasteiger charge is 2.25. The smallest absolute Gasteiger partial charge is 0.252 e. The normalized spacial score (nSPS) is 11.3. The number of phenols is 1. The molecule has 1 amide bonds. The van der Waals surface area contributed by atoms with Crippen LogP contribution in [0.4, 0.5) is 0 Å². The highest BCUT2D eigenvalue weighted by molar-refractivity contribution is 6.22. The number of phenolic OH excluding ortho intramolecular Hbond substituents is 1. The average Bonchev–Trinajstić information content (AvgIpc) is 2.28. The Morgan fingerprint density at radius 1 is 1.41 bits per heavy atom. The third-order valence-electron chi connectivity index (χ3n) is 2.46. The first kappa shape index (κ1) is 14.1. The van der Waals surface area contributed by atoms with Gasteiger partial charge in [-0.25, -0.2) is 0 Å². The summed E-state index contributed by atoms with van der Waals surface area (Å²) in [5.74, 6) is 0.362. The fourth-order valence-electron chi connectivity index (χ4n) is 1.35. The van der Waals surface area contributed by atoms with E-state index in [2.05, 4.69) is 5.32 Å². The zero-order valence-corrected chi connectivity index (χ0v) is 11.3. The fourth-order valence-corrected chi connectivity index (χ4v) is 1.77. The van der Waals surface area contributed by atoms with Gasteiger partial charge in [0.1, 0.15) is 5.75 Å². The van der Waals surface area contributed by atoms with Crippen molar-refractivity contribution >= 4 is 29.1 Å². The molecule has 0 saturated carbocycles. The van der Waals surface area contributed by atoms with Crippen molar-refractivity contribution in [3.05, 3.63) is 29.3 Å². The van der Waals surface area contributed by atoms with E-state index in [1.807, 2.05) is 0 Å². The van der Waals surface area contributed by atoms with Gasteiger partial charge in [-0.3, -0.25) is 4.79 Å². The van der Waals surface area contributed by atoms with E-state index in [-0.39, 0.29) is 23.4 Å². The number of nitrogens with one attached hydrogen (secondary N) is 1. The first-order valence-corrected chi connectivity index (χ1v) is 6.23. The predicted octanol–water partition coefficient (Wildman–Crippen LogP) is 2.67. The van der Waals surface area contributed by atoms with E-state index in [1.165, 1.54) is 12.1 Å². The molecule has 3 nitrogen and oxygen atoms in total. The average molecular weight is 276 g/mol. The maximum Gasteiger partial charge on any atom is 0.252 e. The predicted molar refractivity (Wildman–Crippen MR) is 70.2 cm³/mol. The van der Waals surface area contributed by atoms with Crippen LogP contribution in [0.15, 0.2) is 18.2 Å². The number of alkyl halides is 2. The summed E-state index contributed by atoms with van der Waals surface area (Å²) in [6, 6.07) is 4.58. The quantitative estimate of drug-likeness (QED) is 0.831. The lowest BCUT2D eigenvalue weighted by molar-refractivity contribution is 0.0921. The van der Waals surface area contributed by atoms with Crippen LogP contribution in [0.2, 0.25) is 0 Å². The van der Waals surface area contributed by atoms with Crippen LogP contribution >= 0.6 is 23.2 Å². The summed E-state index contributed by atoms with van der Waals surface area (Å²) in [6.07, 6.45) is 0. The molecule has 0 aromatic heterocycles. The Morgan fingerprint density at radius 2 is 2.00 bits per heavy atom. The molecule has 0 unspecified atom stereocenters. The van der Waals surface area contributed by atoms with Gasteiger partial charge in [0.15, 0.2) is 0 Å². The lowest BCUT2D eigenvalue weighted by Crippen LogP contribution is -2.49. The zero-order chi connectivity index (χ0) is 13.1. The Kier molecular flexibility index (Phi) is 4.66. The summed E-state index contributed by atoms with van der Waals surface area (Å²) in [7, 11) is 0. The van der Waals surface area contributed by atoms with Crippen molar-refractivity contribution in [2.75, 3.05) is 11.8 Å². The van der Waals surface area contributed by atoms with Crippen molar-refractivity contribution in [3.63, 3.8) is 0 Å². The molecule has 2 N–H and O–H groups in total. The SMILES string of the molecule is Cc1cc(O)ccc1C(=O)NC(C)(CCl)CCl. The highest BCUT2D eigenvalue weighted by atomic mass is 35.5. The minimum absolute atomic E-state index is 0.136. The maximum atomic E-state index is 12.0. The van der Waals surface area contributed by atoms with Gasteiger partial charge in [-0.2, -0.15) is 0 Å². The summed E-state index contributed by atoms with van der Waals surface area (Å²) < 4.78 is 0. The number of hydrogen-bond acceptors (Lipinski definition) is 2. The number of hydrogen-bond donors (Lipinski definition) is 2. The van der Waals surface area contributed by atoms with Crippen LogP contribution in [0.25, 0.3) is 0 Å². The topological polar surface area (TPSA) is 49.3 Å². The Bertz CT molecular complexity index is 417. The molecule has 1 aromatic carbocycles. The van der Waals surface area contributed by atoms with E-state index in [4.69, 9.17) is 23.2 Å². The molecule has 17 heavy (non-hydrogen) atoms. The van der Waals surface area contributed by atoms with Gasteiger partial charge in [0.05, 0.1) is 5.54 Å². The number of carbonyl (C=O) groups is 1. The summed E-state index contributed by atoms with van der Waals surface area (Å²) in [4.78, 5) is 12.0. The van der Waals surface area contributed by atoms with Gasteiger partial charge in [0.25, 0.3) is 5.91 Å². The molecule has 0 aliphatic rings. The van der Waals surface area contributed by atoms with Gasteiger partial charge < -0.3 is 10.4 Å². The minimum Gasteiger partial charge on any atom is -0.508 e. The lowest BCUT2D eigenvalue weighted by atomic mass is 10.0. The van der Waals surface area contributed by atoms with Crippen molar-refractivity contribution < 1.29 is 9.90 Å². The summed E-state index contributed by atoms with van der Waals surface area (Å²) in [5.41, 5.74) is 0.572. The number of rotatable bonds is 4. The van der Waals surface area contributed by atoms with Gasteiger partial charge in [0.2, 0.25) is 0 Å². The lowest BCUT2D eigenvalue weighted by Gasteiger charge is -2.26. The monoisotopic (exact) mass is 275 g/mol. The van der Waals surface area contributed by atoms with Crippen LogP contribution in [0, 0.1) is 6.92 Å². The Morgan fingerprint density at radius 3 is 2.47 bits per heavy atom. The summed E-state index contributed by atoms with van der Waals surface area (Å²) in [5, 5.41) is 12.1. The van der Waals surface area contributed by atoms with Crippen molar-refractivity contribution in [2.24, 2.45) is 0 Å². The summed E-state index contributed by atoms with van der Waals surface area (Å²) in [6.45, 7) is 3.54. The molecule has 94 valence electrons. The standard InChI is InChI=1S/C12H15Cl2NO2/c1-8-5-9(16)3-4-10(8)11(17)15-12(2,6-13)7-14/h3-5,16H,6-7H2,1-2H3,(H,15,17). The molecule has 1 aromatic rings. The molecule has 0 fully saturated rings. The molecule has 0 saturated heterocycles. The van der Waals surface area contributed by atoms with Gasteiger partial charge in [-0.1, -0.05) is 0 Å². The summed E-state index contributed by atoms with van der Waals surface area (Å²) >= 11 is 11.5. The van der Waals surface area contributed by atoms with Crippen LogP contribution in [-0.4, -0.2) is 28.3 Å². The third kappa shape index (κ3) is 3.51. The number of halogens is 2. The number of aryl methyl sites for hydroxylation is 1. The first-order valence-electron chi connectivity index (χ1n) is 5.16. The van der Waals surface area contributed by atoms with Crippen molar-refractivity contribution in [2.45, 2.75) is 19.4 Å². The van der Waals surface area contributed by atoms with Crippen LogP contribution in [0.3, 0.4) is 0 Å². The van der Waals surface area contributed by atoms with E-state index < -0.39 is 5.54 Å². The number of aromatic hydroxyl groups is 1. The molecule has 5 heteroatoms. The van der Waals surface area contributed by atoms with E-state index in [1.54, 1.807) is 19.9 Å². The van der Waals surface area contributed by atoms with Gasteiger partial charge in [-0.15, -0.1) is 23.2 Å². The molecular formula is C12H15Cl2NO2. The molecule has 0 radical (unpaired) electrons. The molecule has 0 heterocycles. The molecule has 0 bridgehead atoms. The fraction of sp³-hybridized carbons (Fsp3) is 0.417. The van der Waals surface area contributed by atoms with Crippen LogP contribution < -0.4 is 5.32 Å². The Labute approximate surface area is 111 Å². The van der Waals surface area contributed by atoms with Crippen molar-refractivity contribution in [3.8, 4) is 5.75 Å². The largest absolute Gasteiger partial charge is 0.508 e. The first-order chi connectivity index (χ1) is 7.91. The van der Waals surface area contributed by atoms with E-state index >= 15 is 0 Å². The van der Waals surface area contributed by atoms with Crippen LogP contribution in [0.1, 0.15) is 22.8 Å². The molecule has 0 spiro atoms. The van der Waals surface area contributed by atoms with Gasteiger partial charge in [0, 0.05) is 17.3 Å². The van der Waals surface area contributed by atoms with E-state index in [0.29, 0.717) is 11.1 Å². The third-order valence-corrected chi connectivity index (χ3v) is 3.64. The zero-order valence-electron chi connectivity index (χ0n) is 9.76. The van der Waals surface area contributed by atoms with E-state index in [9.17, 15) is 9.90 Å².